The van der Waals surface area contributed by atoms with Crippen LogP contribution >= 0.6 is 24.0 Å². The molecule has 2 unspecified atom stereocenters. The highest BCUT2D eigenvalue weighted by Gasteiger charge is 2.32. The SMILES string of the molecule is CCNC(=NCCCCC(F)(F)F)N1CCOC(C2CCCO2)C1.I. The Morgan fingerprint density at radius 3 is 2.60 bits per heavy atom. The number of hydrogen-bond acceptors (Lipinski definition) is 3. The number of unbranched alkanes of at least 4 members (excludes halogenated alkanes) is 1. The van der Waals surface area contributed by atoms with Crippen molar-refractivity contribution in [1.29, 1.82) is 0 Å². The largest absolute Gasteiger partial charge is 0.389 e. The lowest BCUT2D eigenvalue weighted by Gasteiger charge is -2.37. The van der Waals surface area contributed by atoms with Crippen LogP contribution in [-0.4, -0.2) is 68.6 Å². The second kappa shape index (κ2) is 11.4. The van der Waals surface area contributed by atoms with Crippen molar-refractivity contribution in [1.82, 2.24) is 10.2 Å². The van der Waals surface area contributed by atoms with E-state index in [0.717, 1.165) is 38.5 Å². The fourth-order valence-electron chi connectivity index (χ4n) is 3.04. The fraction of sp³-hybridized carbons (Fsp3) is 0.938. The first-order chi connectivity index (χ1) is 11.5. The molecule has 0 spiro atoms. The third-order valence-corrected chi connectivity index (χ3v) is 4.24. The maximum absolute atomic E-state index is 12.2. The zero-order valence-corrected chi connectivity index (χ0v) is 17.0. The molecule has 0 saturated carbocycles. The van der Waals surface area contributed by atoms with Gasteiger partial charge < -0.3 is 19.7 Å². The predicted molar refractivity (Wildman–Crippen MR) is 102 cm³/mol. The summed E-state index contributed by atoms with van der Waals surface area (Å²) < 4.78 is 48.0. The van der Waals surface area contributed by atoms with Crippen LogP contribution in [0.3, 0.4) is 0 Å². The van der Waals surface area contributed by atoms with E-state index in [2.05, 4.69) is 15.2 Å². The van der Waals surface area contributed by atoms with Gasteiger partial charge in [-0.2, -0.15) is 13.2 Å². The van der Waals surface area contributed by atoms with Crippen LogP contribution in [0.1, 0.15) is 39.0 Å². The molecule has 0 amide bonds. The number of rotatable bonds is 6. The number of alkyl halides is 3. The molecule has 0 bridgehead atoms. The van der Waals surface area contributed by atoms with Gasteiger partial charge in [0.15, 0.2) is 5.96 Å². The molecule has 9 heteroatoms. The molecule has 25 heavy (non-hydrogen) atoms. The summed E-state index contributed by atoms with van der Waals surface area (Å²) in [5.74, 6) is 0.760. The highest BCUT2D eigenvalue weighted by molar-refractivity contribution is 14.0. The van der Waals surface area contributed by atoms with Crippen LogP contribution in [0.2, 0.25) is 0 Å². The topological polar surface area (TPSA) is 46.1 Å². The molecule has 148 valence electrons. The summed E-state index contributed by atoms with van der Waals surface area (Å²) in [5, 5.41) is 3.23. The van der Waals surface area contributed by atoms with Crippen molar-refractivity contribution in [2.75, 3.05) is 39.4 Å². The van der Waals surface area contributed by atoms with Crippen LogP contribution < -0.4 is 5.32 Å². The number of nitrogens with one attached hydrogen (secondary N) is 1. The van der Waals surface area contributed by atoms with Crippen LogP contribution in [-0.2, 0) is 9.47 Å². The molecule has 0 aromatic rings. The first kappa shape index (κ1) is 22.8. The molecule has 1 N–H and O–H groups in total. The molecular formula is C16H29F3IN3O2. The monoisotopic (exact) mass is 479 g/mol. The van der Waals surface area contributed by atoms with Gasteiger partial charge in [0, 0.05) is 39.2 Å². The van der Waals surface area contributed by atoms with E-state index in [1.54, 1.807) is 0 Å². The van der Waals surface area contributed by atoms with E-state index < -0.39 is 12.6 Å². The van der Waals surface area contributed by atoms with Crippen LogP contribution in [0, 0.1) is 0 Å². The minimum absolute atomic E-state index is 0. The van der Waals surface area contributed by atoms with E-state index in [1.807, 2.05) is 6.92 Å². The second-order valence-corrected chi connectivity index (χ2v) is 6.21. The van der Waals surface area contributed by atoms with E-state index in [-0.39, 0.29) is 42.6 Å². The molecule has 0 aromatic carbocycles. The van der Waals surface area contributed by atoms with Gasteiger partial charge in [-0.15, -0.1) is 24.0 Å². The van der Waals surface area contributed by atoms with Crippen LogP contribution in [0.15, 0.2) is 4.99 Å². The Kier molecular flexibility index (Phi) is 10.4. The van der Waals surface area contributed by atoms with Gasteiger partial charge in [0.2, 0.25) is 0 Å². The third kappa shape index (κ3) is 8.29. The Morgan fingerprint density at radius 1 is 1.20 bits per heavy atom. The smallest absolute Gasteiger partial charge is 0.375 e. The molecule has 2 fully saturated rings. The molecular weight excluding hydrogens is 450 g/mol. The second-order valence-electron chi connectivity index (χ2n) is 6.21. The Bertz CT molecular complexity index is 405. The molecule has 2 aliphatic rings. The Labute approximate surface area is 164 Å². The number of morpholine rings is 1. The van der Waals surface area contributed by atoms with Gasteiger partial charge in [-0.1, -0.05) is 0 Å². The normalized spacial score (nSPS) is 25.0. The van der Waals surface area contributed by atoms with Gasteiger partial charge in [-0.3, -0.25) is 4.99 Å². The minimum atomic E-state index is -4.08. The average molecular weight is 479 g/mol. The van der Waals surface area contributed by atoms with E-state index in [9.17, 15) is 13.2 Å². The molecule has 2 heterocycles. The molecule has 2 atom stereocenters. The van der Waals surface area contributed by atoms with Crippen LogP contribution in [0.4, 0.5) is 13.2 Å². The minimum Gasteiger partial charge on any atom is -0.375 e. The van der Waals surface area contributed by atoms with Crippen molar-refractivity contribution in [3.8, 4) is 0 Å². The van der Waals surface area contributed by atoms with E-state index in [0.29, 0.717) is 26.1 Å². The standard InChI is InChI=1S/C16H28F3N3O2.HI/c1-2-20-15(21-8-4-3-7-16(17,18)19)22-9-11-24-14(12-22)13-6-5-10-23-13;/h13-14H,2-12H2,1H3,(H,20,21);1H. The maximum Gasteiger partial charge on any atom is 0.389 e. The highest BCUT2D eigenvalue weighted by Crippen LogP contribution is 2.22. The van der Waals surface area contributed by atoms with Crippen molar-refractivity contribution >= 4 is 29.9 Å². The first-order valence-corrected chi connectivity index (χ1v) is 8.83. The summed E-state index contributed by atoms with van der Waals surface area (Å²) in [6, 6.07) is 0. The van der Waals surface area contributed by atoms with Gasteiger partial charge in [0.25, 0.3) is 0 Å². The first-order valence-electron chi connectivity index (χ1n) is 8.83. The number of aliphatic imine (C=N–C) groups is 1. The van der Waals surface area contributed by atoms with Gasteiger partial charge in [0.1, 0.15) is 6.10 Å². The van der Waals surface area contributed by atoms with E-state index >= 15 is 0 Å². The molecule has 0 radical (unpaired) electrons. The number of halogens is 4. The Morgan fingerprint density at radius 2 is 1.96 bits per heavy atom. The average Bonchev–Trinajstić information content (AvgIpc) is 3.07. The molecule has 5 nitrogen and oxygen atoms in total. The summed E-state index contributed by atoms with van der Waals surface area (Å²) in [5.41, 5.74) is 0. The number of ether oxygens (including phenoxy) is 2. The van der Waals surface area contributed by atoms with Gasteiger partial charge >= 0.3 is 6.18 Å². The van der Waals surface area contributed by atoms with Crippen LogP contribution in [0.5, 0.6) is 0 Å². The molecule has 0 aliphatic carbocycles. The molecule has 2 saturated heterocycles. The number of hydrogen-bond donors (Lipinski definition) is 1. The van der Waals surface area contributed by atoms with Gasteiger partial charge in [-0.25, -0.2) is 0 Å². The quantitative estimate of drug-likeness (QED) is 0.275. The van der Waals surface area contributed by atoms with Crippen molar-refractivity contribution in [2.24, 2.45) is 4.99 Å². The third-order valence-electron chi connectivity index (χ3n) is 4.24. The number of guanidine groups is 1. The van der Waals surface area contributed by atoms with Crippen molar-refractivity contribution in [2.45, 2.75) is 57.4 Å². The fourth-order valence-corrected chi connectivity index (χ4v) is 3.04. The Hall–Kier alpha value is -0.290. The van der Waals surface area contributed by atoms with Crippen LogP contribution in [0.25, 0.3) is 0 Å². The molecule has 2 rings (SSSR count). The maximum atomic E-state index is 12.2. The summed E-state index contributed by atoms with van der Waals surface area (Å²) >= 11 is 0. The Balaban J connectivity index is 0.00000312. The summed E-state index contributed by atoms with van der Waals surface area (Å²) in [6.07, 6.45) is -1.99. The van der Waals surface area contributed by atoms with Crippen molar-refractivity contribution < 1.29 is 22.6 Å². The van der Waals surface area contributed by atoms with Gasteiger partial charge in [0.05, 0.1) is 12.7 Å². The number of nitrogens with zero attached hydrogens (tertiary/aromatic N) is 2. The van der Waals surface area contributed by atoms with Gasteiger partial charge in [-0.05, 0) is 32.6 Å². The highest BCUT2D eigenvalue weighted by atomic mass is 127. The zero-order valence-electron chi connectivity index (χ0n) is 14.7. The van der Waals surface area contributed by atoms with E-state index in [1.165, 1.54) is 0 Å². The van der Waals surface area contributed by atoms with Crippen molar-refractivity contribution in [3.05, 3.63) is 0 Å². The van der Waals surface area contributed by atoms with E-state index in [4.69, 9.17) is 9.47 Å². The molecule has 2 aliphatic heterocycles. The lowest BCUT2D eigenvalue weighted by molar-refractivity contribution is -0.135. The zero-order chi connectivity index (χ0) is 17.4. The predicted octanol–water partition coefficient (Wildman–Crippen LogP) is 3.18. The summed E-state index contributed by atoms with van der Waals surface area (Å²) in [6.45, 7) is 5.96. The molecule has 0 aromatic heterocycles. The summed E-state index contributed by atoms with van der Waals surface area (Å²) in [7, 11) is 0. The lowest BCUT2D eigenvalue weighted by Crippen LogP contribution is -2.53. The lowest BCUT2D eigenvalue weighted by atomic mass is 10.1. The van der Waals surface area contributed by atoms with Crippen molar-refractivity contribution in [3.63, 3.8) is 0 Å². The summed E-state index contributed by atoms with van der Waals surface area (Å²) in [4.78, 5) is 6.61.